The van der Waals surface area contributed by atoms with Gasteiger partial charge in [-0.1, -0.05) is 77.6 Å². The Balaban J connectivity index is 1.92. The SMILES string of the molecule is CCCCCCCCCCCC(=O)NC(=S)NC1CCCCC1. The van der Waals surface area contributed by atoms with E-state index in [2.05, 4.69) is 17.6 Å². The predicted molar refractivity (Wildman–Crippen MR) is 103 cm³/mol. The van der Waals surface area contributed by atoms with Gasteiger partial charge < -0.3 is 10.6 Å². The second-order valence-electron chi connectivity index (χ2n) is 6.93. The first kappa shape index (κ1) is 20.4. The maximum atomic E-state index is 11.9. The van der Waals surface area contributed by atoms with Crippen molar-refractivity contribution in [3.63, 3.8) is 0 Å². The summed E-state index contributed by atoms with van der Waals surface area (Å²) in [5.74, 6) is 0.0706. The maximum Gasteiger partial charge on any atom is 0.226 e. The quantitative estimate of drug-likeness (QED) is 0.400. The van der Waals surface area contributed by atoms with Crippen LogP contribution in [-0.2, 0) is 4.79 Å². The van der Waals surface area contributed by atoms with Gasteiger partial charge in [0.15, 0.2) is 5.11 Å². The van der Waals surface area contributed by atoms with Crippen molar-refractivity contribution in [2.75, 3.05) is 0 Å². The van der Waals surface area contributed by atoms with E-state index < -0.39 is 0 Å². The van der Waals surface area contributed by atoms with Crippen molar-refractivity contribution in [3.8, 4) is 0 Å². The van der Waals surface area contributed by atoms with Crippen LogP contribution in [0.25, 0.3) is 0 Å². The predicted octanol–water partition coefficient (Wildman–Crippen LogP) is 5.23. The first-order valence-corrected chi connectivity index (χ1v) is 10.2. The summed E-state index contributed by atoms with van der Waals surface area (Å²) < 4.78 is 0. The summed E-state index contributed by atoms with van der Waals surface area (Å²) >= 11 is 5.24. The van der Waals surface area contributed by atoms with Crippen LogP contribution in [-0.4, -0.2) is 17.1 Å². The van der Waals surface area contributed by atoms with E-state index in [0.717, 1.165) is 12.8 Å². The second-order valence-corrected chi connectivity index (χ2v) is 7.34. The average Bonchev–Trinajstić information content (AvgIpc) is 2.54. The number of amides is 1. The summed E-state index contributed by atoms with van der Waals surface area (Å²) in [4.78, 5) is 11.9. The van der Waals surface area contributed by atoms with Gasteiger partial charge in [-0.05, 0) is 31.5 Å². The third-order valence-corrected chi connectivity index (χ3v) is 4.92. The molecule has 134 valence electrons. The van der Waals surface area contributed by atoms with Crippen LogP contribution in [0.3, 0.4) is 0 Å². The van der Waals surface area contributed by atoms with Gasteiger partial charge in [-0.3, -0.25) is 4.79 Å². The number of carbonyl (C=O) groups excluding carboxylic acids is 1. The van der Waals surface area contributed by atoms with Gasteiger partial charge in [0.1, 0.15) is 0 Å². The van der Waals surface area contributed by atoms with Crippen molar-refractivity contribution in [2.24, 2.45) is 0 Å². The lowest BCUT2D eigenvalue weighted by molar-refractivity contribution is -0.119. The molecule has 0 spiro atoms. The Labute approximate surface area is 148 Å². The zero-order valence-corrected chi connectivity index (χ0v) is 15.8. The van der Waals surface area contributed by atoms with E-state index in [-0.39, 0.29) is 5.91 Å². The minimum atomic E-state index is 0.0706. The summed E-state index contributed by atoms with van der Waals surface area (Å²) in [6.07, 6.45) is 18.3. The first-order valence-electron chi connectivity index (χ1n) is 9.82. The highest BCUT2D eigenvalue weighted by molar-refractivity contribution is 7.80. The standard InChI is InChI=1S/C19H36N2OS/c1-2-3-4-5-6-7-8-9-13-16-18(22)21-19(23)20-17-14-11-10-12-15-17/h17H,2-16H2,1H3,(H2,20,21,22,23). The molecule has 1 aliphatic rings. The van der Waals surface area contributed by atoms with Gasteiger partial charge in [0.2, 0.25) is 5.91 Å². The van der Waals surface area contributed by atoms with Crippen LogP contribution < -0.4 is 10.6 Å². The van der Waals surface area contributed by atoms with E-state index in [1.165, 1.54) is 77.0 Å². The van der Waals surface area contributed by atoms with Gasteiger partial charge in [-0.2, -0.15) is 0 Å². The summed E-state index contributed by atoms with van der Waals surface area (Å²) in [6.45, 7) is 2.25. The number of rotatable bonds is 11. The van der Waals surface area contributed by atoms with E-state index in [9.17, 15) is 4.79 Å². The Kier molecular flexibility index (Phi) is 12.2. The van der Waals surface area contributed by atoms with Gasteiger partial charge in [0.25, 0.3) is 0 Å². The van der Waals surface area contributed by atoms with Crippen LogP contribution in [0, 0.1) is 0 Å². The normalized spacial score (nSPS) is 15.3. The van der Waals surface area contributed by atoms with E-state index in [1.54, 1.807) is 0 Å². The molecule has 4 heteroatoms. The Bertz CT molecular complexity index is 327. The molecule has 0 saturated heterocycles. The Hall–Kier alpha value is -0.640. The van der Waals surface area contributed by atoms with Crippen LogP contribution in [0.2, 0.25) is 0 Å². The van der Waals surface area contributed by atoms with Crippen molar-refractivity contribution in [2.45, 2.75) is 109 Å². The lowest BCUT2D eigenvalue weighted by Crippen LogP contribution is -2.44. The number of hydrogen-bond acceptors (Lipinski definition) is 2. The van der Waals surface area contributed by atoms with E-state index >= 15 is 0 Å². The molecule has 0 bridgehead atoms. The van der Waals surface area contributed by atoms with Gasteiger partial charge in [0.05, 0.1) is 0 Å². The largest absolute Gasteiger partial charge is 0.360 e. The first-order chi connectivity index (χ1) is 11.2. The van der Waals surface area contributed by atoms with Gasteiger partial charge >= 0.3 is 0 Å². The monoisotopic (exact) mass is 340 g/mol. The Morgan fingerprint density at radius 1 is 0.913 bits per heavy atom. The topological polar surface area (TPSA) is 41.1 Å². The Morgan fingerprint density at radius 2 is 1.48 bits per heavy atom. The van der Waals surface area contributed by atoms with E-state index in [4.69, 9.17) is 12.2 Å². The molecule has 1 amide bonds. The van der Waals surface area contributed by atoms with E-state index in [0.29, 0.717) is 17.6 Å². The zero-order valence-electron chi connectivity index (χ0n) is 15.0. The summed E-state index contributed by atoms with van der Waals surface area (Å²) in [7, 11) is 0. The van der Waals surface area contributed by atoms with Gasteiger partial charge in [0, 0.05) is 12.5 Å². The molecule has 0 aromatic rings. The number of carbonyl (C=O) groups is 1. The summed E-state index contributed by atoms with van der Waals surface area (Å²) in [5, 5.41) is 6.64. The van der Waals surface area contributed by atoms with Crippen LogP contribution in [0.1, 0.15) is 103 Å². The van der Waals surface area contributed by atoms with Crippen molar-refractivity contribution in [3.05, 3.63) is 0 Å². The third kappa shape index (κ3) is 11.5. The lowest BCUT2D eigenvalue weighted by atomic mass is 9.96. The highest BCUT2D eigenvalue weighted by Gasteiger charge is 2.14. The van der Waals surface area contributed by atoms with Crippen molar-refractivity contribution < 1.29 is 4.79 Å². The Morgan fingerprint density at radius 3 is 2.09 bits per heavy atom. The smallest absolute Gasteiger partial charge is 0.226 e. The molecule has 2 N–H and O–H groups in total. The van der Waals surface area contributed by atoms with Crippen molar-refractivity contribution in [1.29, 1.82) is 0 Å². The molecule has 0 aliphatic heterocycles. The highest BCUT2D eigenvalue weighted by atomic mass is 32.1. The fourth-order valence-electron chi connectivity index (χ4n) is 3.25. The minimum Gasteiger partial charge on any atom is -0.360 e. The molecule has 0 aromatic heterocycles. The maximum absolute atomic E-state index is 11.9. The molecule has 0 unspecified atom stereocenters. The molecule has 23 heavy (non-hydrogen) atoms. The van der Waals surface area contributed by atoms with Gasteiger partial charge in [-0.25, -0.2) is 0 Å². The number of hydrogen-bond donors (Lipinski definition) is 2. The molecule has 0 atom stereocenters. The van der Waals surface area contributed by atoms with Crippen LogP contribution in [0.15, 0.2) is 0 Å². The molecule has 3 nitrogen and oxygen atoms in total. The molecule has 1 aliphatic carbocycles. The molecule has 0 radical (unpaired) electrons. The van der Waals surface area contributed by atoms with Crippen LogP contribution in [0.4, 0.5) is 0 Å². The van der Waals surface area contributed by atoms with Gasteiger partial charge in [-0.15, -0.1) is 0 Å². The summed E-state index contributed by atoms with van der Waals surface area (Å²) in [6, 6.07) is 0.462. The van der Waals surface area contributed by atoms with Crippen LogP contribution in [0.5, 0.6) is 0 Å². The fraction of sp³-hybridized carbons (Fsp3) is 0.895. The zero-order chi connectivity index (χ0) is 16.8. The average molecular weight is 341 g/mol. The van der Waals surface area contributed by atoms with Crippen molar-refractivity contribution in [1.82, 2.24) is 10.6 Å². The number of thiocarbonyl (C=S) groups is 1. The van der Waals surface area contributed by atoms with E-state index in [1.807, 2.05) is 0 Å². The fourth-order valence-corrected chi connectivity index (χ4v) is 3.53. The second kappa shape index (κ2) is 13.8. The molecule has 1 fully saturated rings. The summed E-state index contributed by atoms with van der Waals surface area (Å²) in [5.41, 5.74) is 0. The molecular weight excluding hydrogens is 304 g/mol. The highest BCUT2D eigenvalue weighted by Crippen LogP contribution is 2.17. The third-order valence-electron chi connectivity index (χ3n) is 4.70. The number of unbranched alkanes of at least 4 members (excludes halogenated alkanes) is 8. The minimum absolute atomic E-state index is 0.0706. The molecule has 0 aromatic carbocycles. The van der Waals surface area contributed by atoms with Crippen molar-refractivity contribution >= 4 is 23.2 Å². The molecule has 1 saturated carbocycles. The molecule has 0 heterocycles. The molecule has 1 rings (SSSR count). The number of nitrogens with one attached hydrogen (secondary N) is 2. The molecular formula is C19H36N2OS. The lowest BCUT2D eigenvalue weighted by Gasteiger charge is -2.24. The van der Waals surface area contributed by atoms with Crippen LogP contribution >= 0.6 is 12.2 Å².